The molecule has 0 saturated heterocycles. The van der Waals surface area contributed by atoms with E-state index in [4.69, 9.17) is 0 Å². The van der Waals surface area contributed by atoms with Gasteiger partial charge in [-0.2, -0.15) is 0 Å². The van der Waals surface area contributed by atoms with Crippen LogP contribution in [-0.2, 0) is 14.4 Å². The summed E-state index contributed by atoms with van der Waals surface area (Å²) in [6, 6.07) is -0.648. The van der Waals surface area contributed by atoms with Crippen molar-refractivity contribution < 1.29 is 14.4 Å². The van der Waals surface area contributed by atoms with Gasteiger partial charge in [-0.3, -0.25) is 14.4 Å². The SMILES string of the molecule is CBNC(=O)CC[C@H](NC(C)=O)C(=O)NC. The minimum atomic E-state index is -0.648. The third-order valence-corrected chi connectivity index (χ3v) is 1.97. The van der Waals surface area contributed by atoms with E-state index in [-0.39, 0.29) is 24.1 Å². The molecular weight excluding hydrogens is 209 g/mol. The third kappa shape index (κ3) is 6.05. The summed E-state index contributed by atoms with van der Waals surface area (Å²) in [6.45, 7) is 3.16. The molecule has 0 heterocycles. The average molecular weight is 227 g/mol. The molecule has 0 aromatic carbocycles. The Labute approximate surface area is 95.8 Å². The summed E-state index contributed by atoms with van der Waals surface area (Å²) < 4.78 is 0. The third-order valence-electron chi connectivity index (χ3n) is 1.97. The Kier molecular flexibility index (Phi) is 6.99. The Morgan fingerprint density at radius 1 is 1.31 bits per heavy atom. The van der Waals surface area contributed by atoms with Crippen LogP contribution in [-0.4, -0.2) is 38.2 Å². The molecule has 0 aromatic heterocycles. The first-order chi connectivity index (χ1) is 7.51. The quantitative estimate of drug-likeness (QED) is 0.484. The zero-order chi connectivity index (χ0) is 12.6. The molecule has 16 heavy (non-hydrogen) atoms. The van der Waals surface area contributed by atoms with Crippen molar-refractivity contribution in [2.24, 2.45) is 0 Å². The van der Waals surface area contributed by atoms with E-state index >= 15 is 0 Å². The van der Waals surface area contributed by atoms with E-state index in [1.165, 1.54) is 14.0 Å². The van der Waals surface area contributed by atoms with Gasteiger partial charge in [0.05, 0.1) is 0 Å². The maximum atomic E-state index is 11.4. The summed E-state index contributed by atoms with van der Waals surface area (Å²) in [6.07, 6.45) is 0.511. The van der Waals surface area contributed by atoms with Crippen LogP contribution in [0.2, 0.25) is 6.82 Å². The van der Waals surface area contributed by atoms with E-state index in [0.717, 1.165) is 0 Å². The lowest BCUT2D eigenvalue weighted by Crippen LogP contribution is -2.45. The van der Waals surface area contributed by atoms with Gasteiger partial charge in [0.2, 0.25) is 25.1 Å². The number of carbonyl (C=O) groups excluding carboxylic acids is 3. The highest BCUT2D eigenvalue weighted by atomic mass is 16.2. The molecule has 0 aromatic rings. The number of nitrogens with one attached hydrogen (secondary N) is 3. The van der Waals surface area contributed by atoms with Crippen molar-refractivity contribution >= 4 is 25.1 Å². The number of rotatable bonds is 6. The fourth-order valence-electron chi connectivity index (χ4n) is 1.25. The first-order valence-corrected chi connectivity index (χ1v) is 5.26. The molecule has 0 spiro atoms. The van der Waals surface area contributed by atoms with Gasteiger partial charge in [0.25, 0.3) is 0 Å². The summed E-state index contributed by atoms with van der Waals surface area (Å²) >= 11 is 0. The second-order valence-electron chi connectivity index (χ2n) is 3.36. The van der Waals surface area contributed by atoms with E-state index < -0.39 is 6.04 Å². The van der Waals surface area contributed by atoms with E-state index in [1.807, 2.05) is 6.82 Å². The Bertz CT molecular complexity index is 271. The molecule has 0 saturated carbocycles. The molecule has 0 aliphatic rings. The summed E-state index contributed by atoms with van der Waals surface area (Å²) in [7, 11) is 2.05. The first kappa shape index (κ1) is 14.5. The summed E-state index contributed by atoms with van der Waals surface area (Å²) in [4.78, 5) is 33.4. The zero-order valence-corrected chi connectivity index (χ0v) is 9.92. The maximum Gasteiger partial charge on any atom is 0.242 e. The van der Waals surface area contributed by atoms with Crippen LogP contribution in [0, 0.1) is 0 Å². The number of carbonyl (C=O) groups is 3. The van der Waals surface area contributed by atoms with Crippen LogP contribution in [0.5, 0.6) is 0 Å². The number of hydrogen-bond acceptors (Lipinski definition) is 3. The fourth-order valence-corrected chi connectivity index (χ4v) is 1.25. The molecule has 0 rings (SSSR count). The van der Waals surface area contributed by atoms with E-state index in [2.05, 4.69) is 15.9 Å². The molecular formula is C9H18BN3O3. The molecule has 1 atom stereocenters. The van der Waals surface area contributed by atoms with Crippen LogP contribution in [0.1, 0.15) is 19.8 Å². The minimum absolute atomic E-state index is 0.123. The molecule has 0 bridgehead atoms. The molecule has 3 N–H and O–H groups in total. The van der Waals surface area contributed by atoms with Gasteiger partial charge in [-0.05, 0) is 6.42 Å². The van der Waals surface area contributed by atoms with Gasteiger partial charge in [-0.25, -0.2) is 0 Å². The largest absolute Gasteiger partial charge is 0.403 e. The lowest BCUT2D eigenvalue weighted by atomic mass is 9.99. The maximum absolute atomic E-state index is 11.4. The van der Waals surface area contributed by atoms with Gasteiger partial charge in [0.15, 0.2) is 0 Å². The molecule has 0 radical (unpaired) electrons. The van der Waals surface area contributed by atoms with Crippen molar-refractivity contribution in [2.75, 3.05) is 7.05 Å². The zero-order valence-electron chi connectivity index (χ0n) is 9.92. The highest BCUT2D eigenvalue weighted by Crippen LogP contribution is 1.97. The molecule has 0 aliphatic heterocycles. The Hall–Kier alpha value is -1.53. The van der Waals surface area contributed by atoms with Crippen LogP contribution in [0.25, 0.3) is 0 Å². The Morgan fingerprint density at radius 2 is 1.94 bits per heavy atom. The second-order valence-corrected chi connectivity index (χ2v) is 3.36. The van der Waals surface area contributed by atoms with Crippen LogP contribution in [0.4, 0.5) is 0 Å². The number of amides is 3. The fraction of sp³-hybridized carbons (Fsp3) is 0.667. The lowest BCUT2D eigenvalue weighted by Gasteiger charge is -2.15. The molecule has 90 valence electrons. The molecule has 0 unspecified atom stereocenters. The van der Waals surface area contributed by atoms with Crippen molar-refractivity contribution in [3.05, 3.63) is 0 Å². The minimum Gasteiger partial charge on any atom is -0.403 e. The van der Waals surface area contributed by atoms with Crippen LogP contribution >= 0.6 is 0 Å². The predicted octanol–water partition coefficient (Wildman–Crippen LogP) is -1.47. The van der Waals surface area contributed by atoms with E-state index in [0.29, 0.717) is 13.8 Å². The van der Waals surface area contributed by atoms with E-state index in [1.54, 1.807) is 0 Å². The van der Waals surface area contributed by atoms with E-state index in [9.17, 15) is 14.4 Å². The van der Waals surface area contributed by atoms with Gasteiger partial charge < -0.3 is 15.9 Å². The van der Waals surface area contributed by atoms with Crippen molar-refractivity contribution in [1.82, 2.24) is 15.9 Å². The average Bonchev–Trinajstić information content (AvgIpc) is 2.23. The molecule has 3 amide bonds. The monoisotopic (exact) mass is 227 g/mol. The summed E-state index contributed by atoms with van der Waals surface area (Å²) in [5.41, 5.74) is 0. The van der Waals surface area contributed by atoms with Crippen molar-refractivity contribution in [1.29, 1.82) is 0 Å². The van der Waals surface area contributed by atoms with Crippen LogP contribution < -0.4 is 15.9 Å². The van der Waals surface area contributed by atoms with Gasteiger partial charge in [0, 0.05) is 20.4 Å². The van der Waals surface area contributed by atoms with Gasteiger partial charge >= 0.3 is 0 Å². The standard InChI is InChI=1S/C9H18BN3O3/c1-6(14)12-7(9(16)11-3)4-5-8(15)13-10-2/h7,10H,4-5H2,1-3H3,(H,11,16)(H,12,14)(H,13,15)/t7-/m0/s1. The number of likely N-dealkylation sites (N-methyl/N-ethyl adjacent to an activating group) is 1. The predicted molar refractivity (Wildman–Crippen MR) is 62.1 cm³/mol. The van der Waals surface area contributed by atoms with Crippen molar-refractivity contribution in [2.45, 2.75) is 32.6 Å². The molecule has 0 aliphatic carbocycles. The summed E-state index contributed by atoms with van der Waals surface area (Å²) in [5, 5.41) is 7.57. The number of hydrogen-bond donors (Lipinski definition) is 3. The normalized spacial score (nSPS) is 11.2. The highest BCUT2D eigenvalue weighted by molar-refractivity contribution is 6.35. The second kappa shape index (κ2) is 7.73. The summed E-state index contributed by atoms with van der Waals surface area (Å²) in [5.74, 6) is -0.703. The van der Waals surface area contributed by atoms with Crippen LogP contribution in [0.15, 0.2) is 0 Å². The Morgan fingerprint density at radius 3 is 2.38 bits per heavy atom. The highest BCUT2D eigenvalue weighted by Gasteiger charge is 2.18. The first-order valence-electron chi connectivity index (χ1n) is 5.26. The van der Waals surface area contributed by atoms with Gasteiger partial charge in [-0.15, -0.1) is 0 Å². The Balaban J connectivity index is 4.16. The molecule has 0 fully saturated rings. The van der Waals surface area contributed by atoms with Gasteiger partial charge in [0.1, 0.15) is 6.04 Å². The van der Waals surface area contributed by atoms with Crippen LogP contribution in [0.3, 0.4) is 0 Å². The van der Waals surface area contributed by atoms with Gasteiger partial charge in [-0.1, -0.05) is 6.82 Å². The molecule has 6 nitrogen and oxygen atoms in total. The smallest absolute Gasteiger partial charge is 0.242 e. The van der Waals surface area contributed by atoms with Crippen molar-refractivity contribution in [3.63, 3.8) is 0 Å². The topological polar surface area (TPSA) is 87.3 Å². The lowest BCUT2D eigenvalue weighted by molar-refractivity contribution is -0.128. The van der Waals surface area contributed by atoms with Crippen molar-refractivity contribution in [3.8, 4) is 0 Å². The molecule has 7 heteroatoms.